The van der Waals surface area contributed by atoms with Gasteiger partial charge in [-0.3, -0.25) is 10.1 Å². The van der Waals surface area contributed by atoms with Gasteiger partial charge in [0, 0.05) is 23.0 Å². The fourth-order valence-corrected chi connectivity index (χ4v) is 1.44. The van der Waals surface area contributed by atoms with Gasteiger partial charge in [0.25, 0.3) is 0 Å². The molecule has 0 spiro atoms. The molecule has 1 aromatic heterocycles. The van der Waals surface area contributed by atoms with Crippen molar-refractivity contribution in [3.05, 3.63) is 57.7 Å². The van der Waals surface area contributed by atoms with E-state index >= 15 is 0 Å². The van der Waals surface area contributed by atoms with Crippen molar-refractivity contribution in [2.24, 2.45) is 0 Å². The van der Waals surface area contributed by atoms with Crippen molar-refractivity contribution in [1.82, 2.24) is 4.98 Å². The van der Waals surface area contributed by atoms with Gasteiger partial charge in [-0.05, 0) is 30.3 Å². The molecule has 5 nitrogen and oxygen atoms in total. The minimum Gasteiger partial charge on any atom is -0.334 e. The Morgan fingerprint density at radius 2 is 1.94 bits per heavy atom. The summed E-state index contributed by atoms with van der Waals surface area (Å²) in [6, 6.07) is 9.75. The van der Waals surface area contributed by atoms with Crippen LogP contribution in [0.1, 0.15) is 0 Å². The van der Waals surface area contributed by atoms with Gasteiger partial charge >= 0.3 is 5.69 Å². The van der Waals surface area contributed by atoms with Crippen LogP contribution in [0.25, 0.3) is 0 Å². The van der Waals surface area contributed by atoms with Crippen LogP contribution in [-0.4, -0.2) is 9.91 Å². The third kappa shape index (κ3) is 2.70. The number of hydrogen-bond donors (Lipinski definition) is 1. The highest BCUT2D eigenvalue weighted by Crippen LogP contribution is 2.25. The molecule has 0 radical (unpaired) electrons. The zero-order chi connectivity index (χ0) is 12.3. The highest BCUT2D eigenvalue weighted by molar-refractivity contribution is 6.30. The summed E-state index contributed by atoms with van der Waals surface area (Å²) in [5.74, 6) is 0.208. The molecule has 1 N–H and O–H groups in total. The Hall–Kier alpha value is -2.14. The van der Waals surface area contributed by atoms with Crippen molar-refractivity contribution in [2.75, 3.05) is 5.32 Å². The molecule has 0 aliphatic rings. The molecule has 0 fully saturated rings. The standard InChI is InChI=1S/C11H8ClN3O2/c12-8-3-5-9(6-4-8)14-11-10(15(16)17)2-1-7-13-11/h1-7H,(H,13,14). The van der Waals surface area contributed by atoms with E-state index in [-0.39, 0.29) is 11.5 Å². The number of aromatic nitrogens is 1. The Kier molecular flexibility index (Phi) is 3.20. The minimum atomic E-state index is -0.481. The maximum atomic E-state index is 10.8. The predicted molar refractivity (Wildman–Crippen MR) is 65.6 cm³/mol. The highest BCUT2D eigenvalue weighted by atomic mass is 35.5. The number of nitrogens with zero attached hydrogens (tertiary/aromatic N) is 2. The van der Waals surface area contributed by atoms with E-state index in [1.165, 1.54) is 18.3 Å². The van der Waals surface area contributed by atoms with Crippen LogP contribution in [0.3, 0.4) is 0 Å². The Bertz CT molecular complexity index is 543. The molecule has 0 unspecified atom stereocenters. The Morgan fingerprint density at radius 3 is 2.59 bits per heavy atom. The van der Waals surface area contributed by atoms with Crippen LogP contribution in [0.4, 0.5) is 17.2 Å². The lowest BCUT2D eigenvalue weighted by Crippen LogP contribution is -1.98. The first-order chi connectivity index (χ1) is 8.16. The molecule has 0 aliphatic carbocycles. The first-order valence-electron chi connectivity index (χ1n) is 4.79. The number of halogens is 1. The van der Waals surface area contributed by atoms with Crippen LogP contribution in [0.15, 0.2) is 42.6 Å². The van der Waals surface area contributed by atoms with Gasteiger partial charge < -0.3 is 5.32 Å². The van der Waals surface area contributed by atoms with E-state index in [1.807, 2.05) is 0 Å². The molecule has 2 rings (SSSR count). The SMILES string of the molecule is O=[N+]([O-])c1cccnc1Nc1ccc(Cl)cc1. The summed E-state index contributed by atoms with van der Waals surface area (Å²) in [4.78, 5) is 14.2. The second-order valence-corrected chi connectivity index (χ2v) is 3.70. The number of nitrogens with one attached hydrogen (secondary N) is 1. The summed E-state index contributed by atoms with van der Waals surface area (Å²) < 4.78 is 0. The Balaban J connectivity index is 2.30. The normalized spacial score (nSPS) is 9.94. The fourth-order valence-electron chi connectivity index (χ4n) is 1.31. The van der Waals surface area contributed by atoms with E-state index in [1.54, 1.807) is 24.3 Å². The van der Waals surface area contributed by atoms with Crippen molar-refractivity contribution in [3.63, 3.8) is 0 Å². The van der Waals surface area contributed by atoms with Gasteiger partial charge in [-0.2, -0.15) is 0 Å². The lowest BCUT2D eigenvalue weighted by atomic mass is 10.3. The second kappa shape index (κ2) is 4.80. The average molecular weight is 250 g/mol. The number of hydrogen-bond acceptors (Lipinski definition) is 4. The van der Waals surface area contributed by atoms with E-state index in [4.69, 9.17) is 11.6 Å². The van der Waals surface area contributed by atoms with Crippen molar-refractivity contribution in [2.45, 2.75) is 0 Å². The molecule has 1 aromatic carbocycles. The third-order valence-corrected chi connectivity index (χ3v) is 2.34. The van der Waals surface area contributed by atoms with Crippen LogP contribution in [0.5, 0.6) is 0 Å². The first-order valence-corrected chi connectivity index (χ1v) is 5.16. The number of anilines is 2. The number of nitro groups is 1. The van der Waals surface area contributed by atoms with Crippen LogP contribution >= 0.6 is 11.6 Å². The summed E-state index contributed by atoms with van der Waals surface area (Å²) in [6.45, 7) is 0. The monoisotopic (exact) mass is 249 g/mol. The molecule has 6 heteroatoms. The van der Waals surface area contributed by atoms with Gasteiger partial charge in [0.15, 0.2) is 0 Å². The third-order valence-electron chi connectivity index (χ3n) is 2.09. The molecule has 0 saturated heterocycles. The first kappa shape index (κ1) is 11.3. The van der Waals surface area contributed by atoms with Crippen LogP contribution in [0, 0.1) is 10.1 Å². The van der Waals surface area contributed by atoms with E-state index in [0.29, 0.717) is 10.7 Å². The highest BCUT2D eigenvalue weighted by Gasteiger charge is 2.13. The molecule has 17 heavy (non-hydrogen) atoms. The van der Waals surface area contributed by atoms with Crippen LogP contribution in [-0.2, 0) is 0 Å². The fraction of sp³-hybridized carbons (Fsp3) is 0. The topological polar surface area (TPSA) is 68.1 Å². The maximum absolute atomic E-state index is 10.8. The molecular weight excluding hydrogens is 242 g/mol. The molecule has 0 bridgehead atoms. The molecule has 2 aromatic rings. The van der Waals surface area contributed by atoms with Crippen molar-refractivity contribution in [1.29, 1.82) is 0 Å². The lowest BCUT2D eigenvalue weighted by Gasteiger charge is -2.05. The molecule has 0 atom stereocenters. The Labute approximate surface area is 102 Å². The Morgan fingerprint density at radius 1 is 1.24 bits per heavy atom. The van der Waals surface area contributed by atoms with E-state index in [0.717, 1.165) is 0 Å². The zero-order valence-corrected chi connectivity index (χ0v) is 9.39. The van der Waals surface area contributed by atoms with Crippen molar-refractivity contribution >= 4 is 28.8 Å². The quantitative estimate of drug-likeness (QED) is 0.669. The second-order valence-electron chi connectivity index (χ2n) is 3.26. The van der Waals surface area contributed by atoms with Gasteiger partial charge in [0.2, 0.25) is 5.82 Å². The molecule has 0 amide bonds. The smallest absolute Gasteiger partial charge is 0.311 e. The van der Waals surface area contributed by atoms with Crippen LogP contribution < -0.4 is 5.32 Å². The van der Waals surface area contributed by atoms with Gasteiger partial charge in [-0.1, -0.05) is 11.6 Å². The molecular formula is C11H8ClN3O2. The van der Waals surface area contributed by atoms with Gasteiger partial charge in [-0.15, -0.1) is 0 Å². The number of pyridine rings is 1. The largest absolute Gasteiger partial charge is 0.334 e. The number of rotatable bonds is 3. The molecule has 0 saturated carbocycles. The predicted octanol–water partition coefficient (Wildman–Crippen LogP) is 3.39. The van der Waals surface area contributed by atoms with Crippen LogP contribution in [0.2, 0.25) is 5.02 Å². The summed E-state index contributed by atoms with van der Waals surface area (Å²) >= 11 is 5.74. The molecule has 86 valence electrons. The van der Waals surface area contributed by atoms with Gasteiger partial charge in [-0.25, -0.2) is 4.98 Å². The lowest BCUT2D eigenvalue weighted by molar-refractivity contribution is -0.384. The molecule has 0 aliphatic heterocycles. The van der Waals surface area contributed by atoms with E-state index < -0.39 is 4.92 Å². The maximum Gasteiger partial charge on any atom is 0.311 e. The zero-order valence-electron chi connectivity index (χ0n) is 8.63. The van der Waals surface area contributed by atoms with E-state index in [2.05, 4.69) is 10.3 Å². The number of benzene rings is 1. The van der Waals surface area contributed by atoms with Crippen molar-refractivity contribution < 1.29 is 4.92 Å². The van der Waals surface area contributed by atoms with Crippen molar-refractivity contribution in [3.8, 4) is 0 Å². The summed E-state index contributed by atoms with van der Waals surface area (Å²) in [6.07, 6.45) is 1.49. The van der Waals surface area contributed by atoms with Gasteiger partial charge in [0.1, 0.15) is 0 Å². The minimum absolute atomic E-state index is 0.0672. The van der Waals surface area contributed by atoms with Gasteiger partial charge in [0.05, 0.1) is 4.92 Å². The molecule has 1 heterocycles. The summed E-state index contributed by atoms with van der Waals surface area (Å²) in [5.41, 5.74) is 0.624. The summed E-state index contributed by atoms with van der Waals surface area (Å²) in [5, 5.41) is 14.2. The van der Waals surface area contributed by atoms with E-state index in [9.17, 15) is 10.1 Å². The summed E-state index contributed by atoms with van der Waals surface area (Å²) in [7, 11) is 0. The average Bonchev–Trinajstić information content (AvgIpc) is 2.32.